The Morgan fingerprint density at radius 2 is 1.83 bits per heavy atom. The number of aliphatic hydroxyl groups excluding tert-OH is 1. The van der Waals surface area contributed by atoms with Gasteiger partial charge in [-0.3, -0.25) is 9.59 Å². The maximum atomic E-state index is 14.1. The number of carboxylic acids is 1. The number of aliphatic hydroxyl groups is 1. The number of anilines is 1. The molecule has 2 atom stereocenters. The highest BCUT2D eigenvalue weighted by molar-refractivity contribution is 6.30. The molecule has 0 bridgehead atoms. The number of aliphatic carboxylic acids is 1. The molecule has 7 heteroatoms. The predicted molar refractivity (Wildman–Crippen MR) is 137 cm³/mol. The van der Waals surface area contributed by atoms with Crippen LogP contribution in [0, 0.1) is 5.41 Å². The number of carbonyl (C=O) groups is 2. The van der Waals surface area contributed by atoms with Crippen LogP contribution in [0.5, 0.6) is 0 Å². The van der Waals surface area contributed by atoms with Gasteiger partial charge in [-0.25, -0.2) is 0 Å². The standard InChI is InChI=1S/C28H30ClNO5/c1-4-28(15-24(32)33)26(34)30(16-27(2,3)17-31)23-13-12-19(29)14-22(23)25(35-28)21-11-7-9-18-8-5-6-10-20(18)21/h5-14,25,31H,4,15-17H2,1-3H3,(H,32,33). The average molecular weight is 496 g/mol. The normalized spacial score (nSPS) is 20.5. The molecule has 4 rings (SSSR count). The molecule has 0 saturated carbocycles. The molecule has 2 unspecified atom stereocenters. The zero-order valence-electron chi connectivity index (χ0n) is 20.1. The van der Waals surface area contributed by atoms with Crippen molar-refractivity contribution >= 4 is 39.9 Å². The first-order chi connectivity index (χ1) is 16.6. The molecule has 0 radical (unpaired) electrons. The SMILES string of the molecule is CCC1(CC(=O)O)OC(c2cccc3ccccc23)c2cc(Cl)ccc2N(CC(C)(C)CO)C1=O. The molecule has 2 N–H and O–H groups in total. The number of benzene rings is 3. The van der Waals surface area contributed by atoms with Crippen molar-refractivity contribution in [1.82, 2.24) is 0 Å². The van der Waals surface area contributed by atoms with Crippen molar-refractivity contribution in [3.63, 3.8) is 0 Å². The van der Waals surface area contributed by atoms with Gasteiger partial charge in [-0.2, -0.15) is 0 Å². The fourth-order valence-corrected chi connectivity index (χ4v) is 4.92. The van der Waals surface area contributed by atoms with Crippen LogP contribution in [-0.2, 0) is 14.3 Å². The van der Waals surface area contributed by atoms with Gasteiger partial charge in [0.1, 0.15) is 6.10 Å². The van der Waals surface area contributed by atoms with E-state index in [4.69, 9.17) is 16.3 Å². The summed E-state index contributed by atoms with van der Waals surface area (Å²) in [7, 11) is 0. The van der Waals surface area contributed by atoms with Crippen LogP contribution in [0.3, 0.4) is 0 Å². The fourth-order valence-electron chi connectivity index (χ4n) is 4.74. The van der Waals surface area contributed by atoms with E-state index in [0.717, 1.165) is 16.3 Å². The Kier molecular flexibility index (Phi) is 6.91. The highest BCUT2D eigenvalue weighted by Crippen LogP contribution is 2.46. The highest BCUT2D eigenvalue weighted by atomic mass is 35.5. The maximum Gasteiger partial charge on any atom is 0.306 e. The van der Waals surface area contributed by atoms with Crippen LogP contribution >= 0.6 is 11.6 Å². The Hall–Kier alpha value is -2.93. The maximum absolute atomic E-state index is 14.1. The number of hydrogen-bond donors (Lipinski definition) is 2. The van der Waals surface area contributed by atoms with Crippen molar-refractivity contribution in [1.29, 1.82) is 0 Å². The van der Waals surface area contributed by atoms with Gasteiger partial charge >= 0.3 is 5.97 Å². The first-order valence-electron chi connectivity index (χ1n) is 11.7. The molecule has 0 spiro atoms. The van der Waals surface area contributed by atoms with Crippen LogP contribution in [0.15, 0.2) is 60.7 Å². The van der Waals surface area contributed by atoms with Gasteiger partial charge in [-0.05, 0) is 41.0 Å². The lowest BCUT2D eigenvalue weighted by molar-refractivity contribution is -0.162. The second-order valence-electron chi connectivity index (χ2n) is 9.90. The number of nitrogens with zero attached hydrogens (tertiary/aromatic N) is 1. The number of ether oxygens (including phenoxy) is 1. The smallest absolute Gasteiger partial charge is 0.306 e. The molecule has 1 aliphatic heterocycles. The number of hydrogen-bond acceptors (Lipinski definition) is 4. The first-order valence-corrected chi connectivity index (χ1v) is 12.1. The molecule has 1 aliphatic rings. The largest absolute Gasteiger partial charge is 0.481 e. The van der Waals surface area contributed by atoms with Gasteiger partial charge in [0, 0.05) is 34.8 Å². The van der Waals surface area contributed by atoms with Crippen LogP contribution in [-0.4, -0.2) is 40.8 Å². The monoisotopic (exact) mass is 495 g/mol. The van der Waals surface area contributed by atoms with Crippen molar-refractivity contribution in [2.45, 2.75) is 45.3 Å². The van der Waals surface area contributed by atoms with E-state index in [1.807, 2.05) is 56.3 Å². The summed E-state index contributed by atoms with van der Waals surface area (Å²) in [5.74, 6) is -1.56. The minimum absolute atomic E-state index is 0.147. The number of fused-ring (bicyclic) bond motifs is 2. The molecule has 184 valence electrons. The van der Waals surface area contributed by atoms with Crippen LogP contribution < -0.4 is 4.90 Å². The molecule has 35 heavy (non-hydrogen) atoms. The summed E-state index contributed by atoms with van der Waals surface area (Å²) < 4.78 is 6.63. The third-order valence-electron chi connectivity index (χ3n) is 6.67. The molecule has 0 saturated heterocycles. The Labute approximate surface area is 210 Å². The van der Waals surface area contributed by atoms with Crippen LogP contribution in [0.25, 0.3) is 10.8 Å². The topological polar surface area (TPSA) is 87.1 Å². The minimum atomic E-state index is -1.61. The summed E-state index contributed by atoms with van der Waals surface area (Å²) in [6, 6.07) is 19.0. The molecule has 0 fully saturated rings. The van der Waals surface area contributed by atoms with Gasteiger partial charge in [0.15, 0.2) is 5.60 Å². The lowest BCUT2D eigenvalue weighted by Gasteiger charge is -2.37. The zero-order valence-corrected chi connectivity index (χ0v) is 20.9. The lowest BCUT2D eigenvalue weighted by atomic mass is 9.90. The molecular formula is C28H30ClNO5. The zero-order chi connectivity index (χ0) is 25.4. The highest BCUT2D eigenvalue weighted by Gasteiger charge is 2.49. The molecule has 1 amide bonds. The molecule has 0 aliphatic carbocycles. The third-order valence-corrected chi connectivity index (χ3v) is 6.90. The quantitative estimate of drug-likeness (QED) is 0.446. The van der Waals surface area contributed by atoms with Crippen molar-refractivity contribution < 1.29 is 24.5 Å². The summed E-state index contributed by atoms with van der Waals surface area (Å²) >= 11 is 6.44. The Morgan fingerprint density at radius 3 is 2.51 bits per heavy atom. The number of amides is 1. The second-order valence-corrected chi connectivity index (χ2v) is 10.3. The number of carboxylic acid groups (broad SMARTS) is 1. The van der Waals surface area contributed by atoms with Crippen LogP contribution in [0.4, 0.5) is 5.69 Å². The van der Waals surface area contributed by atoms with E-state index in [-0.39, 0.29) is 19.6 Å². The van der Waals surface area contributed by atoms with Gasteiger partial charge in [0.05, 0.1) is 6.42 Å². The Balaban J connectivity index is 2.02. The first kappa shape index (κ1) is 25.2. The average Bonchev–Trinajstić information content (AvgIpc) is 2.92. The lowest BCUT2D eigenvalue weighted by Crippen LogP contribution is -2.53. The van der Waals surface area contributed by atoms with E-state index in [0.29, 0.717) is 16.3 Å². The van der Waals surface area contributed by atoms with E-state index < -0.39 is 35.4 Å². The van der Waals surface area contributed by atoms with Crippen LogP contribution in [0.1, 0.15) is 50.8 Å². The van der Waals surface area contributed by atoms with Crippen molar-refractivity contribution in [2.24, 2.45) is 5.41 Å². The molecule has 3 aromatic rings. The number of rotatable bonds is 7. The van der Waals surface area contributed by atoms with E-state index >= 15 is 0 Å². The van der Waals surface area contributed by atoms with Gasteiger partial charge in [0.25, 0.3) is 5.91 Å². The van der Waals surface area contributed by atoms with Crippen molar-refractivity contribution in [2.75, 3.05) is 18.1 Å². The summed E-state index contributed by atoms with van der Waals surface area (Å²) in [5, 5.41) is 22.2. The van der Waals surface area contributed by atoms with E-state index in [1.165, 1.54) is 0 Å². The summed E-state index contributed by atoms with van der Waals surface area (Å²) in [4.78, 5) is 27.7. The van der Waals surface area contributed by atoms with Crippen LogP contribution in [0.2, 0.25) is 5.02 Å². The Morgan fingerprint density at radius 1 is 1.11 bits per heavy atom. The second kappa shape index (κ2) is 9.61. The predicted octanol–water partition coefficient (Wildman–Crippen LogP) is 5.59. The van der Waals surface area contributed by atoms with Gasteiger partial charge in [-0.1, -0.05) is 74.8 Å². The van der Waals surface area contributed by atoms with Gasteiger partial charge in [0.2, 0.25) is 0 Å². The van der Waals surface area contributed by atoms with E-state index in [9.17, 15) is 19.8 Å². The molecular weight excluding hydrogens is 466 g/mol. The minimum Gasteiger partial charge on any atom is -0.481 e. The third kappa shape index (κ3) is 4.79. The summed E-state index contributed by atoms with van der Waals surface area (Å²) in [6.07, 6.45) is -1.06. The summed E-state index contributed by atoms with van der Waals surface area (Å²) in [6.45, 7) is 5.51. The number of halogens is 1. The fraction of sp³-hybridized carbons (Fsp3) is 0.357. The molecule has 1 heterocycles. The molecule has 6 nitrogen and oxygen atoms in total. The molecule has 0 aromatic heterocycles. The van der Waals surface area contributed by atoms with E-state index in [2.05, 4.69) is 0 Å². The van der Waals surface area contributed by atoms with Gasteiger partial charge in [-0.15, -0.1) is 0 Å². The van der Waals surface area contributed by atoms with Gasteiger partial charge < -0.3 is 19.8 Å². The van der Waals surface area contributed by atoms with Crippen molar-refractivity contribution in [3.05, 3.63) is 76.8 Å². The van der Waals surface area contributed by atoms with E-state index in [1.54, 1.807) is 30.0 Å². The number of carbonyl (C=O) groups excluding carboxylic acids is 1. The van der Waals surface area contributed by atoms with Crippen molar-refractivity contribution in [3.8, 4) is 0 Å². The molecule has 3 aromatic carbocycles. The Bertz CT molecular complexity index is 1270. The summed E-state index contributed by atoms with van der Waals surface area (Å²) in [5.41, 5.74) is -0.138.